The van der Waals surface area contributed by atoms with Gasteiger partial charge in [0.15, 0.2) is 0 Å². The minimum absolute atomic E-state index is 0.0986. The van der Waals surface area contributed by atoms with Gasteiger partial charge in [0.25, 0.3) is 5.91 Å². The lowest BCUT2D eigenvalue weighted by molar-refractivity contribution is -0.137. The van der Waals surface area contributed by atoms with Crippen molar-refractivity contribution in [2.75, 3.05) is 0 Å². The summed E-state index contributed by atoms with van der Waals surface area (Å²) in [4.78, 5) is 17.3. The van der Waals surface area contributed by atoms with Gasteiger partial charge in [-0.05, 0) is 68.1 Å². The average molecular weight is 458 g/mol. The van der Waals surface area contributed by atoms with Crippen LogP contribution in [0, 0.1) is 12.7 Å². The summed E-state index contributed by atoms with van der Waals surface area (Å²) in [5.74, 6) is -0.467. The van der Waals surface area contributed by atoms with Crippen LogP contribution in [-0.2, 0) is 12.6 Å². The number of alkyl halides is 3. The van der Waals surface area contributed by atoms with Gasteiger partial charge in [-0.3, -0.25) is 14.9 Å². The van der Waals surface area contributed by atoms with E-state index in [9.17, 15) is 22.4 Å². The fraction of sp³-hybridized carbons (Fsp3) is 0.292. The highest BCUT2D eigenvalue weighted by molar-refractivity contribution is 6.07. The lowest BCUT2D eigenvalue weighted by atomic mass is 9.94. The SMILES string of the molecule is Cc1ccc(-c2cc(CC(=NC3CCC3)NC(=O)c3ccc(C(F)(F)F)cc3)[nH]n2)cc1F. The van der Waals surface area contributed by atoms with E-state index in [0.717, 1.165) is 43.5 Å². The van der Waals surface area contributed by atoms with Crippen molar-refractivity contribution in [3.8, 4) is 11.3 Å². The number of aromatic amines is 1. The molecule has 1 aliphatic rings. The number of hydrogen-bond donors (Lipinski definition) is 2. The second kappa shape index (κ2) is 9.17. The summed E-state index contributed by atoms with van der Waals surface area (Å²) in [7, 11) is 0. The van der Waals surface area contributed by atoms with Gasteiger partial charge in [0, 0.05) is 23.2 Å². The van der Waals surface area contributed by atoms with Crippen LogP contribution in [0.15, 0.2) is 53.5 Å². The first kappa shape index (κ1) is 22.7. The molecular weight excluding hydrogens is 436 g/mol. The number of carbonyl (C=O) groups excluding carboxylic acids is 1. The van der Waals surface area contributed by atoms with Crippen molar-refractivity contribution in [2.45, 2.75) is 44.8 Å². The maximum atomic E-state index is 13.9. The Labute approximate surface area is 187 Å². The summed E-state index contributed by atoms with van der Waals surface area (Å²) < 4.78 is 52.2. The molecule has 0 bridgehead atoms. The number of carbonyl (C=O) groups is 1. The standard InChI is InChI=1S/C24H22F4N4O/c1-14-5-6-16(11-20(14)25)21-12-19(31-32-21)13-22(29-18-3-2-4-18)30-23(33)15-7-9-17(10-8-15)24(26,27)28/h5-12,18H,2-4,13H2,1H3,(H,31,32)(H,29,30,33). The number of aryl methyl sites for hydroxylation is 1. The zero-order valence-electron chi connectivity index (χ0n) is 17.8. The van der Waals surface area contributed by atoms with Gasteiger partial charge in [-0.25, -0.2) is 4.39 Å². The fourth-order valence-corrected chi connectivity index (χ4v) is 3.40. The van der Waals surface area contributed by atoms with E-state index in [4.69, 9.17) is 0 Å². The summed E-state index contributed by atoms with van der Waals surface area (Å²) in [5, 5.41) is 9.84. The molecule has 0 radical (unpaired) electrons. The minimum atomic E-state index is -4.47. The molecule has 4 rings (SSSR count). The molecule has 5 nitrogen and oxygen atoms in total. The number of benzene rings is 2. The molecule has 1 saturated carbocycles. The second-order valence-electron chi connectivity index (χ2n) is 8.11. The molecule has 172 valence electrons. The Kier molecular flexibility index (Phi) is 6.31. The van der Waals surface area contributed by atoms with Gasteiger partial charge in [0.2, 0.25) is 0 Å². The number of amides is 1. The lowest BCUT2D eigenvalue weighted by Gasteiger charge is -2.22. The summed E-state index contributed by atoms with van der Waals surface area (Å²) in [6.45, 7) is 1.68. The molecule has 1 heterocycles. The number of H-pyrrole nitrogens is 1. The molecule has 0 saturated heterocycles. The van der Waals surface area contributed by atoms with E-state index in [2.05, 4.69) is 20.5 Å². The van der Waals surface area contributed by atoms with Crippen molar-refractivity contribution >= 4 is 11.7 Å². The number of hydrogen-bond acceptors (Lipinski definition) is 3. The molecule has 2 aromatic carbocycles. The third-order valence-electron chi connectivity index (χ3n) is 5.60. The van der Waals surface area contributed by atoms with Crippen LogP contribution < -0.4 is 5.32 Å². The monoisotopic (exact) mass is 458 g/mol. The zero-order chi connectivity index (χ0) is 23.6. The molecule has 1 aromatic heterocycles. The Hall–Kier alpha value is -3.49. The molecule has 0 spiro atoms. The molecule has 9 heteroatoms. The second-order valence-corrected chi connectivity index (χ2v) is 8.11. The minimum Gasteiger partial charge on any atom is -0.310 e. The van der Waals surface area contributed by atoms with Gasteiger partial charge in [0.05, 0.1) is 17.3 Å². The van der Waals surface area contributed by atoms with E-state index in [0.29, 0.717) is 28.4 Å². The van der Waals surface area contributed by atoms with E-state index >= 15 is 0 Å². The first-order valence-corrected chi connectivity index (χ1v) is 10.5. The summed E-state index contributed by atoms with van der Waals surface area (Å²) in [5.41, 5.74) is 1.66. The maximum Gasteiger partial charge on any atom is 0.416 e. The number of aromatic nitrogens is 2. The molecule has 1 aliphatic carbocycles. The Bertz CT molecular complexity index is 1180. The Morgan fingerprint density at radius 1 is 1.15 bits per heavy atom. The Morgan fingerprint density at radius 2 is 1.88 bits per heavy atom. The normalized spacial score (nSPS) is 14.8. The largest absolute Gasteiger partial charge is 0.416 e. The van der Waals surface area contributed by atoms with Crippen molar-refractivity contribution in [3.05, 3.63) is 76.7 Å². The predicted molar refractivity (Wildman–Crippen MR) is 116 cm³/mol. The first-order valence-electron chi connectivity index (χ1n) is 10.5. The van der Waals surface area contributed by atoms with Crippen molar-refractivity contribution in [1.29, 1.82) is 0 Å². The molecule has 0 aliphatic heterocycles. The van der Waals surface area contributed by atoms with Crippen LogP contribution in [0.1, 0.15) is 46.4 Å². The quantitative estimate of drug-likeness (QED) is 0.303. The van der Waals surface area contributed by atoms with Gasteiger partial charge in [-0.2, -0.15) is 18.3 Å². The summed E-state index contributed by atoms with van der Waals surface area (Å²) in [6.07, 6.45) is -1.34. The Morgan fingerprint density at radius 3 is 2.48 bits per heavy atom. The van der Waals surface area contributed by atoms with Gasteiger partial charge < -0.3 is 5.32 Å². The predicted octanol–water partition coefficient (Wildman–Crippen LogP) is 5.47. The van der Waals surface area contributed by atoms with Crippen molar-refractivity contribution < 1.29 is 22.4 Å². The molecule has 1 amide bonds. The van der Waals surface area contributed by atoms with E-state index in [1.54, 1.807) is 25.1 Å². The fourth-order valence-electron chi connectivity index (χ4n) is 3.40. The summed E-state index contributed by atoms with van der Waals surface area (Å²) in [6, 6.07) is 10.7. The van der Waals surface area contributed by atoms with Crippen LogP contribution in [0.25, 0.3) is 11.3 Å². The van der Waals surface area contributed by atoms with Gasteiger partial charge in [-0.15, -0.1) is 0 Å². The molecule has 1 fully saturated rings. The zero-order valence-corrected chi connectivity index (χ0v) is 17.8. The third kappa shape index (κ3) is 5.47. The van der Waals surface area contributed by atoms with Crippen molar-refractivity contribution in [2.24, 2.45) is 4.99 Å². The van der Waals surface area contributed by atoms with Crippen LogP contribution in [0.2, 0.25) is 0 Å². The van der Waals surface area contributed by atoms with E-state index in [1.165, 1.54) is 6.07 Å². The highest BCUT2D eigenvalue weighted by atomic mass is 19.4. The summed E-state index contributed by atoms with van der Waals surface area (Å²) >= 11 is 0. The van der Waals surface area contributed by atoms with Crippen molar-refractivity contribution in [3.63, 3.8) is 0 Å². The molecule has 0 unspecified atom stereocenters. The molecular formula is C24H22F4N4O. The number of halogens is 4. The van der Waals surface area contributed by atoms with Gasteiger partial charge in [0.1, 0.15) is 11.7 Å². The number of rotatable bonds is 5. The van der Waals surface area contributed by atoms with Crippen LogP contribution in [0.3, 0.4) is 0 Å². The van der Waals surface area contributed by atoms with E-state index in [-0.39, 0.29) is 23.8 Å². The number of nitrogens with zero attached hydrogens (tertiary/aromatic N) is 2. The van der Waals surface area contributed by atoms with E-state index in [1.807, 2.05) is 0 Å². The average Bonchev–Trinajstić information content (AvgIpc) is 3.20. The maximum absolute atomic E-state index is 13.9. The lowest BCUT2D eigenvalue weighted by Crippen LogP contribution is -2.34. The topological polar surface area (TPSA) is 70.1 Å². The number of nitrogens with one attached hydrogen (secondary N) is 2. The van der Waals surface area contributed by atoms with Gasteiger partial charge in [-0.1, -0.05) is 12.1 Å². The smallest absolute Gasteiger partial charge is 0.310 e. The molecule has 2 N–H and O–H groups in total. The van der Waals surface area contributed by atoms with Crippen LogP contribution >= 0.6 is 0 Å². The highest BCUT2D eigenvalue weighted by Crippen LogP contribution is 2.29. The van der Waals surface area contributed by atoms with Crippen LogP contribution in [-0.4, -0.2) is 28.0 Å². The van der Waals surface area contributed by atoms with Crippen molar-refractivity contribution in [1.82, 2.24) is 15.5 Å². The van der Waals surface area contributed by atoms with E-state index < -0.39 is 17.6 Å². The molecule has 33 heavy (non-hydrogen) atoms. The molecule has 3 aromatic rings. The van der Waals surface area contributed by atoms with Crippen LogP contribution in [0.4, 0.5) is 17.6 Å². The highest BCUT2D eigenvalue weighted by Gasteiger charge is 2.30. The molecule has 0 atom stereocenters. The number of amidine groups is 1. The van der Waals surface area contributed by atoms with Crippen LogP contribution in [0.5, 0.6) is 0 Å². The van der Waals surface area contributed by atoms with Gasteiger partial charge >= 0.3 is 6.18 Å². The number of aliphatic imine (C=N–C) groups is 1. The Balaban J connectivity index is 1.50. The first-order chi connectivity index (χ1) is 15.7. The third-order valence-corrected chi connectivity index (χ3v) is 5.60.